The molecule has 0 radical (unpaired) electrons. The first-order chi connectivity index (χ1) is 13.0. The minimum Gasteiger partial charge on any atom is -0.469 e. The molecule has 1 aromatic heterocycles. The summed E-state index contributed by atoms with van der Waals surface area (Å²) in [4.78, 5) is 30.1. The van der Waals surface area contributed by atoms with Crippen molar-refractivity contribution >= 4 is 28.8 Å². The number of anilines is 3. The largest absolute Gasteiger partial charge is 0.469 e. The molecule has 1 saturated carbocycles. The van der Waals surface area contributed by atoms with Crippen LogP contribution in [0.1, 0.15) is 39.0 Å². The van der Waals surface area contributed by atoms with Gasteiger partial charge < -0.3 is 15.4 Å². The van der Waals surface area contributed by atoms with Crippen molar-refractivity contribution in [1.82, 2.24) is 9.97 Å². The summed E-state index contributed by atoms with van der Waals surface area (Å²) in [5.41, 5.74) is 0.940. The Morgan fingerprint density at radius 1 is 1.15 bits per heavy atom. The second kappa shape index (κ2) is 8.43. The van der Waals surface area contributed by atoms with Crippen LogP contribution in [0.15, 0.2) is 30.6 Å². The van der Waals surface area contributed by atoms with Gasteiger partial charge in [0.25, 0.3) is 5.88 Å². The number of aromatic nitrogens is 2. The molecule has 0 unspecified atom stereocenters. The number of carbonyl (C=O) groups excluding carboxylic acids is 1. The highest BCUT2D eigenvalue weighted by Gasteiger charge is 2.27. The van der Waals surface area contributed by atoms with Crippen molar-refractivity contribution < 1.29 is 14.5 Å². The van der Waals surface area contributed by atoms with E-state index < -0.39 is 4.92 Å². The summed E-state index contributed by atoms with van der Waals surface area (Å²) in [6.07, 6.45) is 6.19. The lowest BCUT2D eigenvalue weighted by Gasteiger charge is -2.22. The first kappa shape index (κ1) is 18.6. The monoisotopic (exact) mass is 371 g/mol. The Morgan fingerprint density at radius 2 is 1.81 bits per heavy atom. The summed E-state index contributed by atoms with van der Waals surface area (Å²) < 4.78 is 5.81. The Balaban J connectivity index is 1.81. The highest BCUT2D eigenvalue weighted by atomic mass is 16.6. The third-order valence-corrected chi connectivity index (χ3v) is 4.27. The first-order valence-corrected chi connectivity index (χ1v) is 8.83. The van der Waals surface area contributed by atoms with E-state index in [-0.39, 0.29) is 29.4 Å². The Morgan fingerprint density at radius 3 is 2.44 bits per heavy atom. The Bertz CT molecular complexity index is 819. The van der Waals surface area contributed by atoms with Gasteiger partial charge in [0.1, 0.15) is 12.4 Å². The molecule has 142 valence electrons. The van der Waals surface area contributed by atoms with E-state index in [4.69, 9.17) is 4.74 Å². The molecule has 2 N–H and O–H groups in total. The molecule has 1 fully saturated rings. The number of hydrogen-bond acceptors (Lipinski definition) is 7. The number of nitrogens with one attached hydrogen (secondary N) is 2. The Labute approximate surface area is 156 Å². The lowest BCUT2D eigenvalue weighted by Crippen LogP contribution is -2.21. The number of amides is 1. The molecule has 1 amide bonds. The van der Waals surface area contributed by atoms with Crippen LogP contribution < -0.4 is 15.4 Å². The second-order valence-electron chi connectivity index (χ2n) is 6.39. The van der Waals surface area contributed by atoms with Gasteiger partial charge in [0.2, 0.25) is 11.7 Å². The third-order valence-electron chi connectivity index (χ3n) is 4.27. The zero-order valence-electron chi connectivity index (χ0n) is 15.0. The molecule has 1 aliphatic carbocycles. The Hall–Kier alpha value is -3.23. The second-order valence-corrected chi connectivity index (χ2v) is 6.39. The van der Waals surface area contributed by atoms with Crippen molar-refractivity contribution in [3.63, 3.8) is 0 Å². The lowest BCUT2D eigenvalue weighted by molar-refractivity contribution is -0.385. The average molecular weight is 371 g/mol. The van der Waals surface area contributed by atoms with Gasteiger partial charge in [-0.15, -0.1) is 0 Å². The normalized spacial score (nSPS) is 14.4. The molecule has 9 heteroatoms. The fraction of sp³-hybridized carbons (Fsp3) is 0.389. The first-order valence-electron chi connectivity index (χ1n) is 8.83. The van der Waals surface area contributed by atoms with Crippen LogP contribution in [-0.2, 0) is 4.79 Å². The molecule has 9 nitrogen and oxygen atoms in total. The molecular formula is C18H21N5O4. The van der Waals surface area contributed by atoms with Crippen LogP contribution in [-0.4, -0.2) is 26.9 Å². The molecule has 0 spiro atoms. The van der Waals surface area contributed by atoms with Gasteiger partial charge in [0, 0.05) is 18.3 Å². The smallest absolute Gasteiger partial charge is 0.373 e. The van der Waals surface area contributed by atoms with Crippen LogP contribution in [0.25, 0.3) is 0 Å². The van der Waals surface area contributed by atoms with Gasteiger partial charge in [0.15, 0.2) is 0 Å². The maximum Gasteiger partial charge on any atom is 0.373 e. The zero-order valence-corrected chi connectivity index (χ0v) is 15.0. The minimum atomic E-state index is -0.536. The number of benzene rings is 1. The van der Waals surface area contributed by atoms with Crippen molar-refractivity contribution in [2.75, 3.05) is 10.6 Å². The molecule has 0 saturated heterocycles. The van der Waals surface area contributed by atoms with Gasteiger partial charge in [0.05, 0.1) is 4.92 Å². The fourth-order valence-electron chi connectivity index (χ4n) is 3.02. The van der Waals surface area contributed by atoms with E-state index in [9.17, 15) is 14.9 Å². The number of nitro groups is 1. The van der Waals surface area contributed by atoms with Crippen molar-refractivity contribution in [1.29, 1.82) is 0 Å². The number of ether oxygens (including phenoxy) is 1. The molecule has 1 heterocycles. The lowest BCUT2D eigenvalue weighted by atomic mass is 9.98. The topological polar surface area (TPSA) is 119 Å². The van der Waals surface area contributed by atoms with Crippen LogP contribution in [0, 0.1) is 10.1 Å². The van der Waals surface area contributed by atoms with Gasteiger partial charge in [-0.1, -0.05) is 6.42 Å². The molecule has 2 aromatic rings. The number of nitrogens with zero attached hydrogens (tertiary/aromatic N) is 3. The minimum absolute atomic E-state index is 0.0146. The number of rotatable bonds is 6. The van der Waals surface area contributed by atoms with Crippen molar-refractivity contribution in [2.24, 2.45) is 0 Å². The highest BCUT2D eigenvalue weighted by molar-refractivity contribution is 5.88. The summed E-state index contributed by atoms with van der Waals surface area (Å²) in [6.45, 7) is 1.42. The van der Waals surface area contributed by atoms with Crippen molar-refractivity contribution in [2.45, 2.75) is 45.1 Å². The molecule has 1 aliphatic rings. The number of carbonyl (C=O) groups is 1. The van der Waals surface area contributed by atoms with E-state index in [1.807, 2.05) is 0 Å². The van der Waals surface area contributed by atoms with Gasteiger partial charge in [-0.05, 0) is 49.9 Å². The number of hydrogen-bond donors (Lipinski definition) is 2. The van der Waals surface area contributed by atoms with Crippen molar-refractivity contribution in [3.05, 3.63) is 40.7 Å². The Kier molecular flexibility index (Phi) is 5.80. The van der Waals surface area contributed by atoms with Crippen LogP contribution in [0.4, 0.5) is 22.9 Å². The van der Waals surface area contributed by atoms with Gasteiger partial charge in [-0.3, -0.25) is 14.9 Å². The fourth-order valence-corrected chi connectivity index (χ4v) is 3.02. The van der Waals surface area contributed by atoms with E-state index in [0.717, 1.165) is 32.1 Å². The third kappa shape index (κ3) is 4.90. The standard InChI is InChI=1S/C18H21N5O4/c1-12(24)21-13-7-9-14(10-8-13)22-17-16(23(25)26)18(20-11-19-17)27-15-5-3-2-4-6-15/h7-11,15H,2-6H2,1H3,(H,21,24)(H,19,20,22). The van der Waals surface area contributed by atoms with E-state index in [1.54, 1.807) is 24.3 Å². The summed E-state index contributed by atoms with van der Waals surface area (Å²) >= 11 is 0. The van der Waals surface area contributed by atoms with E-state index in [0.29, 0.717) is 11.4 Å². The van der Waals surface area contributed by atoms with Crippen LogP contribution in [0.5, 0.6) is 5.88 Å². The molecular weight excluding hydrogens is 350 g/mol. The SMILES string of the molecule is CC(=O)Nc1ccc(Nc2ncnc(OC3CCCCC3)c2[N+](=O)[O-])cc1. The predicted octanol–water partition coefficient (Wildman–Crippen LogP) is 3.80. The van der Waals surface area contributed by atoms with E-state index in [2.05, 4.69) is 20.6 Å². The highest BCUT2D eigenvalue weighted by Crippen LogP contribution is 2.35. The summed E-state index contributed by atoms with van der Waals surface area (Å²) in [5.74, 6) is -0.126. The van der Waals surface area contributed by atoms with E-state index >= 15 is 0 Å². The summed E-state index contributed by atoms with van der Waals surface area (Å²) in [5, 5.41) is 17.2. The molecule has 1 aromatic carbocycles. The maximum atomic E-state index is 11.6. The summed E-state index contributed by atoms with van der Waals surface area (Å²) in [7, 11) is 0. The predicted molar refractivity (Wildman–Crippen MR) is 100 cm³/mol. The van der Waals surface area contributed by atoms with Crippen molar-refractivity contribution in [3.8, 4) is 5.88 Å². The molecule has 27 heavy (non-hydrogen) atoms. The van der Waals surface area contributed by atoms with Crippen LogP contribution in [0.3, 0.4) is 0 Å². The molecule has 3 rings (SSSR count). The zero-order chi connectivity index (χ0) is 19.2. The average Bonchev–Trinajstić information content (AvgIpc) is 2.64. The summed E-state index contributed by atoms with van der Waals surface area (Å²) in [6, 6.07) is 6.77. The van der Waals surface area contributed by atoms with Gasteiger partial charge in [-0.2, -0.15) is 4.98 Å². The van der Waals surface area contributed by atoms with Gasteiger partial charge in [-0.25, -0.2) is 4.98 Å². The van der Waals surface area contributed by atoms with Crippen LogP contribution >= 0.6 is 0 Å². The van der Waals surface area contributed by atoms with Crippen LogP contribution in [0.2, 0.25) is 0 Å². The molecule has 0 atom stereocenters. The van der Waals surface area contributed by atoms with Gasteiger partial charge >= 0.3 is 5.69 Å². The molecule has 0 bridgehead atoms. The maximum absolute atomic E-state index is 11.6. The quantitative estimate of drug-likeness (QED) is 0.585. The molecule has 0 aliphatic heterocycles. The van der Waals surface area contributed by atoms with E-state index in [1.165, 1.54) is 13.3 Å².